The zero-order chi connectivity index (χ0) is 11.3. The minimum Gasteiger partial charge on any atom is -0.451 e. The molecule has 1 aromatic carbocycles. The fourth-order valence-corrected chi connectivity index (χ4v) is 1.17. The number of benzene rings is 1. The summed E-state index contributed by atoms with van der Waals surface area (Å²) in [6, 6.07) is 6.41. The van der Waals surface area contributed by atoms with Crippen molar-refractivity contribution < 1.29 is 19.0 Å². The van der Waals surface area contributed by atoms with Crippen LogP contribution in [0.15, 0.2) is 24.3 Å². The second-order valence-electron chi connectivity index (χ2n) is 2.77. The van der Waals surface area contributed by atoms with Gasteiger partial charge in [-0.15, -0.1) is 0 Å². The molecule has 80 valence electrons. The molecule has 0 amide bonds. The first-order valence-electron chi connectivity index (χ1n) is 4.07. The average Bonchev–Trinajstić information content (AvgIpc) is 2.28. The van der Waals surface area contributed by atoms with Crippen LogP contribution in [0.3, 0.4) is 0 Å². The van der Waals surface area contributed by atoms with Crippen molar-refractivity contribution in [3.05, 3.63) is 35.4 Å². The lowest BCUT2D eigenvalue weighted by atomic mass is 10.1. The normalized spacial score (nSPS) is 9.47. The Bertz CT molecular complexity index is 380. The van der Waals surface area contributed by atoms with Crippen molar-refractivity contribution in [1.82, 2.24) is 0 Å². The number of hydrogen-bond acceptors (Lipinski definition) is 5. The number of hydrogen-bond donors (Lipinski definition) is 1. The average molecular weight is 227 g/mol. The standard InChI is InChI=1S/C9H10NO4P/c10-13-9(12)7-3-1-2-6(4-7)5-8(11)14-15/h1-4H,5,10,15H2. The fraction of sp³-hybridized carbons (Fsp3) is 0.111. The molecule has 0 radical (unpaired) electrons. The molecule has 5 nitrogen and oxygen atoms in total. The molecule has 0 saturated carbocycles. The van der Waals surface area contributed by atoms with Gasteiger partial charge >= 0.3 is 11.9 Å². The summed E-state index contributed by atoms with van der Waals surface area (Å²) in [7, 11) is 1.87. The maximum atomic E-state index is 11.1. The van der Waals surface area contributed by atoms with Crippen LogP contribution < -0.4 is 5.90 Å². The Balaban J connectivity index is 2.83. The van der Waals surface area contributed by atoms with Crippen LogP contribution in [-0.4, -0.2) is 11.9 Å². The van der Waals surface area contributed by atoms with E-state index in [2.05, 4.69) is 9.36 Å². The Kier molecular flexibility index (Phi) is 4.21. The predicted octanol–water partition coefficient (Wildman–Crippen LogP) is 0.593. The molecular weight excluding hydrogens is 217 g/mol. The molecule has 2 N–H and O–H groups in total. The lowest BCUT2D eigenvalue weighted by Crippen LogP contribution is -2.10. The quantitative estimate of drug-likeness (QED) is 0.604. The minimum absolute atomic E-state index is 0.0925. The van der Waals surface area contributed by atoms with Crippen LogP contribution in [0.1, 0.15) is 15.9 Å². The van der Waals surface area contributed by atoms with Crippen molar-refractivity contribution in [3.8, 4) is 0 Å². The highest BCUT2D eigenvalue weighted by Gasteiger charge is 2.08. The summed E-state index contributed by atoms with van der Waals surface area (Å²) in [6.45, 7) is 0. The van der Waals surface area contributed by atoms with E-state index in [4.69, 9.17) is 5.90 Å². The monoisotopic (exact) mass is 227 g/mol. The largest absolute Gasteiger partial charge is 0.451 e. The van der Waals surface area contributed by atoms with Crippen LogP contribution in [-0.2, 0) is 20.6 Å². The first kappa shape index (κ1) is 11.6. The Hall–Kier alpha value is -1.45. The summed E-state index contributed by atoms with van der Waals surface area (Å²) < 4.78 is 4.42. The van der Waals surface area contributed by atoms with Crippen LogP contribution in [0.25, 0.3) is 0 Å². The van der Waals surface area contributed by atoms with Gasteiger partial charge in [-0.3, -0.25) is 4.79 Å². The zero-order valence-corrected chi connectivity index (χ0v) is 8.96. The molecule has 0 aliphatic rings. The van der Waals surface area contributed by atoms with Crippen LogP contribution in [0.5, 0.6) is 0 Å². The molecule has 0 aliphatic heterocycles. The van der Waals surface area contributed by atoms with Gasteiger partial charge in [-0.25, -0.2) is 4.79 Å². The first-order chi connectivity index (χ1) is 7.17. The summed E-state index contributed by atoms with van der Waals surface area (Å²) in [5, 5.41) is 0. The van der Waals surface area contributed by atoms with E-state index >= 15 is 0 Å². The third-order valence-corrected chi connectivity index (χ3v) is 2.01. The van der Waals surface area contributed by atoms with Crippen molar-refractivity contribution >= 4 is 21.4 Å². The van der Waals surface area contributed by atoms with E-state index in [0.29, 0.717) is 11.1 Å². The molecular formula is C9H10NO4P. The highest BCUT2D eigenvalue weighted by Crippen LogP contribution is 2.08. The minimum atomic E-state index is -0.643. The van der Waals surface area contributed by atoms with Gasteiger partial charge in [0, 0.05) is 0 Å². The van der Waals surface area contributed by atoms with Crippen molar-refractivity contribution in [2.75, 3.05) is 0 Å². The molecule has 1 rings (SSSR count). The van der Waals surface area contributed by atoms with Crippen molar-refractivity contribution in [2.45, 2.75) is 6.42 Å². The van der Waals surface area contributed by atoms with E-state index in [9.17, 15) is 9.59 Å². The van der Waals surface area contributed by atoms with Crippen LogP contribution in [0.2, 0.25) is 0 Å². The number of rotatable bonds is 3. The van der Waals surface area contributed by atoms with Crippen LogP contribution in [0.4, 0.5) is 0 Å². The Labute approximate surface area is 88.8 Å². The summed E-state index contributed by atoms with van der Waals surface area (Å²) in [5.74, 6) is 3.69. The van der Waals surface area contributed by atoms with Crippen molar-refractivity contribution in [2.24, 2.45) is 5.90 Å². The summed E-state index contributed by atoms with van der Waals surface area (Å²) in [5.41, 5.74) is 0.955. The molecule has 0 aliphatic carbocycles. The summed E-state index contributed by atoms with van der Waals surface area (Å²) in [6.07, 6.45) is 0.0925. The zero-order valence-electron chi connectivity index (χ0n) is 7.80. The molecule has 0 aromatic heterocycles. The summed E-state index contributed by atoms with van der Waals surface area (Å²) >= 11 is 0. The van der Waals surface area contributed by atoms with Crippen molar-refractivity contribution in [3.63, 3.8) is 0 Å². The van der Waals surface area contributed by atoms with Gasteiger partial charge in [0.25, 0.3) is 0 Å². The lowest BCUT2D eigenvalue weighted by molar-refractivity contribution is -0.132. The van der Waals surface area contributed by atoms with Gasteiger partial charge in [0.15, 0.2) is 0 Å². The lowest BCUT2D eigenvalue weighted by Gasteiger charge is -2.02. The molecule has 1 unspecified atom stereocenters. The Morgan fingerprint density at radius 2 is 2.13 bits per heavy atom. The molecule has 0 bridgehead atoms. The van der Waals surface area contributed by atoms with Gasteiger partial charge < -0.3 is 9.36 Å². The van der Waals surface area contributed by atoms with Gasteiger partial charge in [0.05, 0.1) is 21.5 Å². The molecule has 1 atom stereocenters. The smallest absolute Gasteiger partial charge is 0.356 e. The van der Waals surface area contributed by atoms with Gasteiger partial charge in [0.2, 0.25) is 0 Å². The Morgan fingerprint density at radius 1 is 1.40 bits per heavy atom. The molecule has 0 heterocycles. The maximum Gasteiger partial charge on any atom is 0.356 e. The van der Waals surface area contributed by atoms with Gasteiger partial charge in [-0.1, -0.05) is 12.1 Å². The van der Waals surface area contributed by atoms with Crippen LogP contribution >= 0.6 is 9.47 Å². The first-order valence-corrected chi connectivity index (χ1v) is 4.54. The molecule has 0 saturated heterocycles. The second-order valence-corrected chi connectivity index (χ2v) is 3.01. The van der Waals surface area contributed by atoms with Crippen LogP contribution in [0, 0.1) is 0 Å². The SMILES string of the molecule is NOC(=O)c1cccc(CC(=O)OP)c1. The number of carbonyl (C=O) groups excluding carboxylic acids is 2. The highest BCUT2D eigenvalue weighted by molar-refractivity contribution is 7.10. The predicted molar refractivity (Wildman–Crippen MR) is 55.6 cm³/mol. The summed E-state index contributed by atoms with van der Waals surface area (Å²) in [4.78, 5) is 26.1. The molecule has 0 fully saturated rings. The van der Waals surface area contributed by atoms with E-state index in [1.165, 1.54) is 6.07 Å². The topological polar surface area (TPSA) is 78.6 Å². The Morgan fingerprint density at radius 3 is 2.73 bits per heavy atom. The third-order valence-electron chi connectivity index (χ3n) is 1.75. The highest BCUT2D eigenvalue weighted by atomic mass is 31.0. The maximum absolute atomic E-state index is 11.1. The van der Waals surface area contributed by atoms with Gasteiger partial charge in [-0.2, -0.15) is 5.90 Å². The third kappa shape index (κ3) is 3.31. The van der Waals surface area contributed by atoms with E-state index in [0.717, 1.165) is 0 Å². The van der Waals surface area contributed by atoms with Crippen molar-refractivity contribution in [1.29, 1.82) is 0 Å². The molecule has 0 spiro atoms. The van der Waals surface area contributed by atoms with E-state index < -0.39 is 11.9 Å². The van der Waals surface area contributed by atoms with E-state index in [1.54, 1.807) is 18.2 Å². The molecule has 1 aromatic rings. The second kappa shape index (κ2) is 5.44. The molecule has 15 heavy (non-hydrogen) atoms. The molecule has 6 heteroatoms. The fourth-order valence-electron chi connectivity index (χ4n) is 1.08. The van der Waals surface area contributed by atoms with Gasteiger partial charge in [0.1, 0.15) is 0 Å². The number of carbonyl (C=O) groups is 2. The van der Waals surface area contributed by atoms with E-state index in [-0.39, 0.29) is 6.42 Å². The van der Waals surface area contributed by atoms with E-state index in [1.807, 2.05) is 9.47 Å². The number of nitrogens with two attached hydrogens (primary N) is 1. The van der Waals surface area contributed by atoms with Gasteiger partial charge in [-0.05, 0) is 17.7 Å².